The predicted molar refractivity (Wildman–Crippen MR) is 179 cm³/mol. The number of carboxylic acid groups (broad SMARTS) is 1. The molecule has 1 unspecified atom stereocenters. The van der Waals surface area contributed by atoms with Gasteiger partial charge in [0, 0.05) is 25.2 Å². The molecule has 266 valence electrons. The summed E-state index contributed by atoms with van der Waals surface area (Å²) in [6.45, 7) is 4.07. The average molecular weight is 716 g/mol. The van der Waals surface area contributed by atoms with Crippen LogP contribution in [-0.2, 0) is 16.1 Å². The number of amides is 2. The van der Waals surface area contributed by atoms with Gasteiger partial charge in [0.05, 0.1) is 48.7 Å². The third kappa shape index (κ3) is 7.10. The molecule has 4 heterocycles. The first kappa shape index (κ1) is 35.4. The first-order valence-electron chi connectivity index (χ1n) is 16.3. The van der Waals surface area contributed by atoms with E-state index in [1.807, 2.05) is 26.0 Å². The SMILES string of the molecule is Cc1cc(-n2c(Cl)cc3c(=O)n(CC4(O)CCN(C(=O)CC(c5ccccc5)C(F)(F)F)CC4)cnc32)ccc1[C@H]1CO[C@H](C)CN1C(=O)O. The number of carbonyl (C=O) groups is 2. The molecule has 2 aliphatic heterocycles. The van der Waals surface area contributed by atoms with E-state index < -0.39 is 47.7 Å². The van der Waals surface area contributed by atoms with Crippen LogP contribution in [0.5, 0.6) is 0 Å². The lowest BCUT2D eigenvalue weighted by molar-refractivity contribution is -0.162. The Morgan fingerprint density at radius 3 is 2.46 bits per heavy atom. The Balaban J connectivity index is 1.16. The molecule has 3 atom stereocenters. The van der Waals surface area contributed by atoms with Crippen LogP contribution in [0.3, 0.4) is 0 Å². The van der Waals surface area contributed by atoms with E-state index in [9.17, 15) is 37.8 Å². The monoisotopic (exact) mass is 715 g/mol. The molecule has 2 aromatic carbocycles. The Bertz CT molecular complexity index is 1960. The molecule has 0 aliphatic carbocycles. The second kappa shape index (κ2) is 13.7. The average Bonchev–Trinajstić information content (AvgIpc) is 3.41. The zero-order valence-electron chi connectivity index (χ0n) is 27.4. The Labute approximate surface area is 290 Å². The van der Waals surface area contributed by atoms with Gasteiger partial charge in [-0.3, -0.25) is 23.6 Å². The first-order valence-corrected chi connectivity index (χ1v) is 16.6. The number of hydrogen-bond donors (Lipinski definition) is 2. The number of likely N-dealkylation sites (tertiary alicyclic amines) is 1. The van der Waals surface area contributed by atoms with E-state index in [4.69, 9.17) is 16.3 Å². The summed E-state index contributed by atoms with van der Waals surface area (Å²) in [6, 6.07) is 13.7. The van der Waals surface area contributed by atoms with Crippen molar-refractivity contribution in [3.8, 4) is 5.69 Å². The number of ether oxygens (including phenoxy) is 1. The summed E-state index contributed by atoms with van der Waals surface area (Å²) in [5, 5.41) is 21.6. The van der Waals surface area contributed by atoms with Crippen molar-refractivity contribution in [3.63, 3.8) is 0 Å². The standard InChI is InChI=1S/C35H37ClF3N5O6/c1-21-14-24(8-9-25(21)28-18-50-22(2)17-43(28)33(47)48)44-29(36)15-26-31(44)40-20-42(32(26)46)19-34(49)10-12-41(13-11-34)30(45)16-27(35(37,38)39)23-6-4-3-5-7-23/h3-9,14-15,20,22,27-28,49H,10-13,16-19H2,1-2H3,(H,47,48)/t22-,27?,28-/m1/s1. The third-order valence-corrected chi connectivity index (χ3v) is 9.99. The van der Waals surface area contributed by atoms with Crippen molar-refractivity contribution in [2.24, 2.45) is 0 Å². The molecule has 2 N–H and O–H groups in total. The van der Waals surface area contributed by atoms with Crippen LogP contribution in [0, 0.1) is 6.92 Å². The Kier molecular flexibility index (Phi) is 9.72. The molecule has 2 fully saturated rings. The van der Waals surface area contributed by atoms with Crippen molar-refractivity contribution >= 4 is 34.6 Å². The smallest absolute Gasteiger partial charge is 0.407 e. The zero-order chi connectivity index (χ0) is 36.0. The number of rotatable bonds is 7. The number of morpholine rings is 1. The molecule has 0 spiro atoms. The topological polar surface area (TPSA) is 130 Å². The van der Waals surface area contributed by atoms with E-state index in [0.717, 1.165) is 11.1 Å². The first-order chi connectivity index (χ1) is 23.6. The van der Waals surface area contributed by atoms with Gasteiger partial charge in [-0.2, -0.15) is 13.2 Å². The molecule has 2 aliphatic rings. The molecule has 6 rings (SSSR count). The Hall–Kier alpha value is -4.40. The molecule has 4 aromatic rings. The number of nitrogens with zero attached hydrogens (tertiary/aromatic N) is 5. The van der Waals surface area contributed by atoms with Gasteiger partial charge in [0.25, 0.3) is 5.56 Å². The van der Waals surface area contributed by atoms with Gasteiger partial charge in [0.15, 0.2) is 5.65 Å². The van der Waals surface area contributed by atoms with Gasteiger partial charge in [-0.1, -0.05) is 48.0 Å². The van der Waals surface area contributed by atoms with Crippen molar-refractivity contribution in [1.82, 2.24) is 23.9 Å². The number of fused-ring (bicyclic) bond motifs is 1. The van der Waals surface area contributed by atoms with Crippen molar-refractivity contribution in [1.29, 1.82) is 0 Å². The number of halogens is 4. The minimum Gasteiger partial charge on any atom is -0.465 e. The van der Waals surface area contributed by atoms with Crippen LogP contribution in [0.15, 0.2) is 65.7 Å². The van der Waals surface area contributed by atoms with Gasteiger partial charge in [-0.05, 0) is 61.6 Å². The van der Waals surface area contributed by atoms with Crippen LogP contribution in [0.4, 0.5) is 18.0 Å². The van der Waals surface area contributed by atoms with Gasteiger partial charge in [-0.25, -0.2) is 9.78 Å². The summed E-state index contributed by atoms with van der Waals surface area (Å²) in [5.74, 6) is -2.59. The van der Waals surface area contributed by atoms with Crippen LogP contribution < -0.4 is 5.56 Å². The predicted octanol–water partition coefficient (Wildman–Crippen LogP) is 5.68. The lowest BCUT2D eigenvalue weighted by atomic mass is 9.89. The molecule has 15 heteroatoms. The molecule has 2 saturated heterocycles. The fourth-order valence-electron chi connectivity index (χ4n) is 6.95. The van der Waals surface area contributed by atoms with Crippen LogP contribution in [0.1, 0.15) is 54.8 Å². The fourth-order valence-corrected chi connectivity index (χ4v) is 7.23. The van der Waals surface area contributed by atoms with Gasteiger partial charge in [0.1, 0.15) is 11.5 Å². The zero-order valence-corrected chi connectivity index (χ0v) is 28.2. The molecule has 50 heavy (non-hydrogen) atoms. The molecule has 11 nitrogen and oxygen atoms in total. The highest BCUT2D eigenvalue weighted by Gasteiger charge is 2.43. The van der Waals surface area contributed by atoms with Crippen molar-refractivity contribution in [3.05, 3.63) is 93.1 Å². The third-order valence-electron chi connectivity index (χ3n) is 9.71. The number of aliphatic hydroxyl groups is 1. The highest BCUT2D eigenvalue weighted by atomic mass is 35.5. The minimum absolute atomic E-state index is 0.0153. The van der Waals surface area contributed by atoms with Crippen LogP contribution >= 0.6 is 11.6 Å². The molecule has 0 bridgehead atoms. The van der Waals surface area contributed by atoms with Gasteiger partial charge >= 0.3 is 12.3 Å². The number of aryl methyl sites for hydroxylation is 1. The number of carbonyl (C=O) groups excluding carboxylic acids is 1. The Morgan fingerprint density at radius 2 is 1.82 bits per heavy atom. The van der Waals surface area contributed by atoms with Gasteiger partial charge in [0.2, 0.25) is 5.91 Å². The van der Waals surface area contributed by atoms with Crippen molar-refractivity contribution in [2.45, 2.75) is 69.5 Å². The summed E-state index contributed by atoms with van der Waals surface area (Å²) in [6.07, 6.45) is -5.16. The normalized spacial score (nSPS) is 20.2. The summed E-state index contributed by atoms with van der Waals surface area (Å²) >= 11 is 6.63. The number of hydrogen-bond acceptors (Lipinski definition) is 6. The van der Waals surface area contributed by atoms with Gasteiger partial charge in [-0.15, -0.1) is 0 Å². The quantitative estimate of drug-likeness (QED) is 0.252. The van der Waals surface area contributed by atoms with Crippen LogP contribution in [-0.4, -0.2) is 90.3 Å². The highest BCUT2D eigenvalue weighted by molar-refractivity contribution is 6.31. The molecule has 0 radical (unpaired) electrons. The molecular weight excluding hydrogens is 679 g/mol. The summed E-state index contributed by atoms with van der Waals surface area (Å²) in [4.78, 5) is 45.7. The summed E-state index contributed by atoms with van der Waals surface area (Å²) in [5.41, 5.74) is 0.642. The number of alkyl halides is 3. The van der Waals surface area contributed by atoms with E-state index >= 15 is 0 Å². The molecule has 2 aromatic heterocycles. The lowest BCUT2D eigenvalue weighted by Crippen LogP contribution is -2.50. The second-order valence-electron chi connectivity index (χ2n) is 13.2. The minimum atomic E-state index is -4.60. The lowest BCUT2D eigenvalue weighted by Gasteiger charge is -2.39. The fraction of sp³-hybridized carbons (Fsp3) is 0.429. The van der Waals surface area contributed by atoms with E-state index in [2.05, 4.69) is 4.98 Å². The van der Waals surface area contributed by atoms with E-state index in [1.165, 1.54) is 51.0 Å². The van der Waals surface area contributed by atoms with E-state index in [-0.39, 0.29) is 73.5 Å². The van der Waals surface area contributed by atoms with Crippen LogP contribution in [0.2, 0.25) is 5.15 Å². The van der Waals surface area contributed by atoms with E-state index in [1.54, 1.807) is 16.7 Å². The Morgan fingerprint density at radius 1 is 1.12 bits per heavy atom. The molecule has 0 saturated carbocycles. The highest BCUT2D eigenvalue weighted by Crippen LogP contribution is 2.38. The van der Waals surface area contributed by atoms with Crippen LogP contribution in [0.25, 0.3) is 16.7 Å². The van der Waals surface area contributed by atoms with Crippen molar-refractivity contribution < 1.29 is 37.7 Å². The van der Waals surface area contributed by atoms with Gasteiger partial charge < -0.3 is 19.8 Å². The summed E-state index contributed by atoms with van der Waals surface area (Å²) in [7, 11) is 0. The number of aromatic nitrogens is 3. The number of benzene rings is 2. The number of piperidine rings is 1. The molecular formula is C35H37ClF3N5O6. The summed E-state index contributed by atoms with van der Waals surface area (Å²) < 4.78 is 50.1. The largest absolute Gasteiger partial charge is 0.465 e. The second-order valence-corrected chi connectivity index (χ2v) is 13.6. The maximum atomic E-state index is 13.8. The maximum Gasteiger partial charge on any atom is 0.407 e. The van der Waals surface area contributed by atoms with Crippen molar-refractivity contribution in [2.75, 3.05) is 26.2 Å². The molecule has 2 amide bonds. The van der Waals surface area contributed by atoms with E-state index in [0.29, 0.717) is 5.69 Å². The maximum absolute atomic E-state index is 13.8.